The summed E-state index contributed by atoms with van der Waals surface area (Å²) in [5.74, 6) is 0. The third-order valence-corrected chi connectivity index (χ3v) is 1.92. The van der Waals surface area contributed by atoms with Crippen molar-refractivity contribution in [3.63, 3.8) is 0 Å². The van der Waals surface area contributed by atoms with Gasteiger partial charge in [-0.1, -0.05) is 6.08 Å². The molecule has 3 nitrogen and oxygen atoms in total. The monoisotopic (exact) mass is 179 g/mol. The summed E-state index contributed by atoms with van der Waals surface area (Å²) in [6.07, 6.45) is 3.87. The van der Waals surface area contributed by atoms with E-state index >= 15 is 0 Å². The van der Waals surface area contributed by atoms with Crippen LogP contribution in [-0.2, 0) is 0 Å². The van der Waals surface area contributed by atoms with E-state index in [2.05, 4.69) is 23.9 Å². The molecule has 0 bridgehead atoms. The van der Waals surface area contributed by atoms with Crippen molar-refractivity contribution in [2.45, 2.75) is 19.9 Å². The van der Waals surface area contributed by atoms with Gasteiger partial charge in [-0.05, 0) is 19.9 Å². The third-order valence-electron chi connectivity index (χ3n) is 1.92. The van der Waals surface area contributed by atoms with Crippen LogP contribution in [0.2, 0.25) is 0 Å². The highest BCUT2D eigenvalue weighted by atomic mass is 15.3. The van der Waals surface area contributed by atoms with Crippen molar-refractivity contribution >= 4 is 0 Å². The molecule has 1 aromatic rings. The summed E-state index contributed by atoms with van der Waals surface area (Å²) in [5.41, 5.74) is 1.07. The van der Waals surface area contributed by atoms with Crippen LogP contribution >= 0.6 is 0 Å². The summed E-state index contributed by atoms with van der Waals surface area (Å²) >= 11 is 0. The van der Waals surface area contributed by atoms with Crippen molar-refractivity contribution in [1.29, 1.82) is 0 Å². The molecular formula is C10H17N3. The lowest BCUT2D eigenvalue weighted by Gasteiger charge is -2.11. The first-order valence-corrected chi connectivity index (χ1v) is 4.57. The number of nitrogens with one attached hydrogen (secondary N) is 1. The highest BCUT2D eigenvalue weighted by Crippen LogP contribution is 2.03. The molecule has 0 saturated heterocycles. The van der Waals surface area contributed by atoms with Crippen LogP contribution in [0.4, 0.5) is 0 Å². The van der Waals surface area contributed by atoms with Gasteiger partial charge in [0, 0.05) is 19.3 Å². The minimum Gasteiger partial charge on any atom is -0.311 e. The normalized spacial score (nSPS) is 12.8. The topological polar surface area (TPSA) is 29.9 Å². The molecule has 0 aromatic carbocycles. The zero-order valence-electron chi connectivity index (χ0n) is 8.33. The van der Waals surface area contributed by atoms with E-state index in [9.17, 15) is 0 Å². The molecule has 0 saturated carbocycles. The van der Waals surface area contributed by atoms with Gasteiger partial charge in [0.25, 0.3) is 0 Å². The van der Waals surface area contributed by atoms with Crippen LogP contribution in [0.1, 0.15) is 18.7 Å². The fourth-order valence-corrected chi connectivity index (χ4v) is 1.17. The van der Waals surface area contributed by atoms with Gasteiger partial charge >= 0.3 is 0 Å². The molecule has 0 aliphatic carbocycles. The van der Waals surface area contributed by atoms with Gasteiger partial charge in [-0.15, -0.1) is 6.58 Å². The van der Waals surface area contributed by atoms with Gasteiger partial charge in [0.2, 0.25) is 0 Å². The Morgan fingerprint density at radius 1 is 1.77 bits per heavy atom. The minimum absolute atomic E-state index is 0.397. The van der Waals surface area contributed by atoms with Crippen molar-refractivity contribution in [3.8, 4) is 0 Å². The largest absolute Gasteiger partial charge is 0.311 e. The van der Waals surface area contributed by atoms with Gasteiger partial charge in [0.1, 0.15) is 0 Å². The number of aryl methyl sites for hydroxylation is 1. The molecule has 72 valence electrons. The van der Waals surface area contributed by atoms with Crippen LogP contribution in [0.3, 0.4) is 0 Å². The Morgan fingerprint density at radius 3 is 3.08 bits per heavy atom. The fourth-order valence-electron chi connectivity index (χ4n) is 1.17. The number of hydrogen-bond acceptors (Lipinski definition) is 2. The number of aromatic nitrogens is 2. The van der Waals surface area contributed by atoms with E-state index in [1.54, 1.807) is 0 Å². The number of hydrogen-bond donors (Lipinski definition) is 1. The van der Waals surface area contributed by atoms with Gasteiger partial charge in [0.15, 0.2) is 0 Å². The maximum absolute atomic E-state index is 4.34. The number of nitrogens with zero attached hydrogens (tertiary/aromatic N) is 2. The molecule has 1 heterocycles. The molecule has 0 aliphatic heterocycles. The molecule has 1 aromatic heterocycles. The third kappa shape index (κ3) is 3.03. The summed E-state index contributed by atoms with van der Waals surface area (Å²) < 4.78 is 1.98. The van der Waals surface area contributed by atoms with Crippen LogP contribution < -0.4 is 5.32 Å². The van der Waals surface area contributed by atoms with Crippen LogP contribution in [0.25, 0.3) is 0 Å². The van der Waals surface area contributed by atoms with E-state index in [0.717, 1.165) is 18.8 Å². The molecule has 0 aliphatic rings. The molecule has 1 rings (SSSR count). The van der Waals surface area contributed by atoms with E-state index in [1.807, 2.05) is 29.9 Å². The summed E-state index contributed by atoms with van der Waals surface area (Å²) in [6.45, 7) is 9.57. The van der Waals surface area contributed by atoms with Crippen molar-refractivity contribution in [2.24, 2.45) is 0 Å². The second kappa shape index (κ2) is 4.82. The van der Waals surface area contributed by atoms with Crippen molar-refractivity contribution < 1.29 is 0 Å². The SMILES string of the molecule is C=CCNCC(C)n1ccc(C)n1. The number of rotatable bonds is 5. The Balaban J connectivity index is 2.39. The van der Waals surface area contributed by atoms with Crippen molar-refractivity contribution in [3.05, 3.63) is 30.6 Å². The van der Waals surface area contributed by atoms with Crippen LogP contribution in [0.15, 0.2) is 24.9 Å². The first-order valence-electron chi connectivity index (χ1n) is 4.57. The zero-order valence-corrected chi connectivity index (χ0v) is 8.33. The average molecular weight is 179 g/mol. The fraction of sp³-hybridized carbons (Fsp3) is 0.500. The summed E-state index contributed by atoms with van der Waals surface area (Å²) in [5, 5.41) is 7.60. The second-order valence-electron chi connectivity index (χ2n) is 3.23. The smallest absolute Gasteiger partial charge is 0.0615 e. The van der Waals surface area contributed by atoms with Gasteiger partial charge < -0.3 is 5.32 Å². The van der Waals surface area contributed by atoms with E-state index in [0.29, 0.717) is 6.04 Å². The summed E-state index contributed by atoms with van der Waals surface area (Å²) in [6, 6.07) is 2.41. The maximum Gasteiger partial charge on any atom is 0.0615 e. The summed E-state index contributed by atoms with van der Waals surface area (Å²) in [7, 11) is 0. The lowest BCUT2D eigenvalue weighted by molar-refractivity contribution is 0.462. The highest BCUT2D eigenvalue weighted by Gasteiger charge is 2.03. The van der Waals surface area contributed by atoms with Gasteiger partial charge in [0.05, 0.1) is 11.7 Å². The first kappa shape index (κ1) is 9.99. The van der Waals surface area contributed by atoms with Crippen molar-refractivity contribution in [1.82, 2.24) is 15.1 Å². The summed E-state index contributed by atoms with van der Waals surface area (Å²) in [4.78, 5) is 0. The second-order valence-corrected chi connectivity index (χ2v) is 3.23. The predicted molar refractivity (Wildman–Crippen MR) is 54.7 cm³/mol. The Hall–Kier alpha value is -1.09. The Labute approximate surface area is 79.5 Å². The molecular weight excluding hydrogens is 162 g/mol. The van der Waals surface area contributed by atoms with Crippen molar-refractivity contribution in [2.75, 3.05) is 13.1 Å². The Bertz CT molecular complexity index is 265. The molecule has 3 heteroatoms. The lowest BCUT2D eigenvalue weighted by Crippen LogP contribution is -2.23. The minimum atomic E-state index is 0.397. The molecule has 1 atom stereocenters. The average Bonchev–Trinajstić information content (AvgIpc) is 2.52. The van der Waals surface area contributed by atoms with Gasteiger partial charge in [-0.25, -0.2) is 0 Å². The highest BCUT2D eigenvalue weighted by molar-refractivity contribution is 4.95. The Kier molecular flexibility index (Phi) is 3.71. The van der Waals surface area contributed by atoms with Crippen LogP contribution in [0, 0.1) is 6.92 Å². The first-order chi connectivity index (χ1) is 6.24. The van der Waals surface area contributed by atoms with Crippen LogP contribution in [-0.4, -0.2) is 22.9 Å². The van der Waals surface area contributed by atoms with E-state index in [-0.39, 0.29) is 0 Å². The molecule has 1 N–H and O–H groups in total. The van der Waals surface area contributed by atoms with E-state index in [4.69, 9.17) is 0 Å². The molecule has 0 amide bonds. The molecule has 1 unspecified atom stereocenters. The van der Waals surface area contributed by atoms with E-state index in [1.165, 1.54) is 0 Å². The van der Waals surface area contributed by atoms with Crippen LogP contribution in [0.5, 0.6) is 0 Å². The zero-order chi connectivity index (χ0) is 9.68. The molecule has 0 spiro atoms. The van der Waals surface area contributed by atoms with Gasteiger partial charge in [-0.2, -0.15) is 5.10 Å². The van der Waals surface area contributed by atoms with E-state index < -0.39 is 0 Å². The standard InChI is InChI=1S/C10H17N3/c1-4-6-11-8-10(3)13-7-5-9(2)12-13/h4-5,7,10-11H,1,6,8H2,2-3H3. The predicted octanol–water partition coefficient (Wildman–Crippen LogP) is 1.53. The maximum atomic E-state index is 4.34. The van der Waals surface area contributed by atoms with Gasteiger partial charge in [-0.3, -0.25) is 4.68 Å². The molecule has 0 fully saturated rings. The lowest BCUT2D eigenvalue weighted by atomic mass is 10.3. The quantitative estimate of drug-likeness (QED) is 0.548. The molecule has 0 radical (unpaired) electrons. The Morgan fingerprint density at radius 2 is 2.54 bits per heavy atom. The molecule has 13 heavy (non-hydrogen) atoms.